The Morgan fingerprint density at radius 3 is 1.72 bits per heavy atom. The summed E-state index contributed by atoms with van der Waals surface area (Å²) in [5, 5.41) is 0. The normalized spacial score (nSPS) is 17.7. The Morgan fingerprint density at radius 1 is 0.774 bits per heavy atom. The molecule has 1 aliphatic carbocycles. The van der Waals surface area contributed by atoms with Crippen molar-refractivity contribution in [2.24, 2.45) is 5.92 Å². The Balaban J connectivity index is 2.87. The van der Waals surface area contributed by atoms with E-state index < -0.39 is 37.9 Å². The van der Waals surface area contributed by atoms with Crippen LogP contribution in [0, 0.1) is 5.92 Å². The van der Waals surface area contributed by atoms with Gasteiger partial charge in [0.1, 0.15) is 5.76 Å². The third kappa shape index (κ3) is 16.4. The monoisotopic (exact) mass is 813 g/mol. The van der Waals surface area contributed by atoms with E-state index >= 15 is 0 Å². The molecule has 1 aromatic carbocycles. The molecule has 0 fully saturated rings. The van der Waals surface area contributed by atoms with Crippen LogP contribution in [0.1, 0.15) is 116 Å². The second-order valence-electron chi connectivity index (χ2n) is 18.1. The lowest BCUT2D eigenvalue weighted by Gasteiger charge is -2.47. The Bertz CT molecular complexity index is 1240. The third-order valence-electron chi connectivity index (χ3n) is 10.9. The zero-order chi connectivity index (χ0) is 39.9. The second-order valence-corrected chi connectivity index (χ2v) is 35.7. The minimum atomic E-state index is -3.77. The molecule has 53 heavy (non-hydrogen) atoms. The van der Waals surface area contributed by atoms with Crippen LogP contribution in [0.25, 0.3) is 0 Å². The summed E-state index contributed by atoms with van der Waals surface area (Å²) >= 11 is 0. The van der Waals surface area contributed by atoms with Gasteiger partial charge in [0.25, 0.3) is 0 Å². The van der Waals surface area contributed by atoms with Gasteiger partial charge >= 0.3 is 7.82 Å². The zero-order valence-electron chi connectivity index (χ0n) is 36.7. The standard InChI is InChI=1S/C42H81O7PSi3/c1-15-21-22-23-35-30-36(33-44-26-28-51(9,10)11)41(37(31-35)34-45-27-29-52(12,13)14)39-32-38(48-50(43,46-16-2)47-17-3)24-25-40(39)42(7,8)49-53(18-4,19-5)20-6/h30-32,39-40H,15-29,33-34H2,1-14H3/t39-,40-/m1/s1. The van der Waals surface area contributed by atoms with Crippen LogP contribution in [0.5, 0.6) is 0 Å². The molecular formula is C42H81O7PSi3. The van der Waals surface area contributed by atoms with Gasteiger partial charge in [0.15, 0.2) is 8.32 Å². The minimum absolute atomic E-state index is 0.0707. The highest BCUT2D eigenvalue weighted by atomic mass is 31.2. The molecule has 0 radical (unpaired) electrons. The predicted octanol–water partition coefficient (Wildman–Crippen LogP) is 13.5. The highest BCUT2D eigenvalue weighted by Crippen LogP contribution is 2.55. The maximum atomic E-state index is 13.8. The largest absolute Gasteiger partial charge is 0.529 e. The summed E-state index contributed by atoms with van der Waals surface area (Å²) in [7, 11) is -8.27. The summed E-state index contributed by atoms with van der Waals surface area (Å²) in [5.74, 6) is 0.747. The first-order valence-corrected chi connectivity index (χ1v) is 32.5. The second kappa shape index (κ2) is 22.4. The van der Waals surface area contributed by atoms with Crippen molar-refractivity contribution in [3.8, 4) is 0 Å². The lowest BCUT2D eigenvalue weighted by molar-refractivity contribution is 0.0149. The third-order valence-corrected chi connectivity index (χ3v) is 20.8. The summed E-state index contributed by atoms with van der Waals surface area (Å²) in [6.07, 6.45) is 8.28. The van der Waals surface area contributed by atoms with Crippen molar-refractivity contribution in [2.75, 3.05) is 26.4 Å². The number of benzene rings is 1. The molecule has 1 aliphatic rings. The lowest BCUT2D eigenvalue weighted by atomic mass is 9.69. The number of hydrogen-bond acceptors (Lipinski definition) is 7. The van der Waals surface area contributed by atoms with Crippen LogP contribution in [0.4, 0.5) is 0 Å². The van der Waals surface area contributed by atoms with E-state index in [1.165, 1.54) is 35.1 Å². The maximum absolute atomic E-state index is 13.8. The van der Waals surface area contributed by atoms with E-state index in [9.17, 15) is 4.57 Å². The number of aryl methyl sites for hydroxylation is 1. The topological polar surface area (TPSA) is 72.5 Å². The predicted molar refractivity (Wildman–Crippen MR) is 233 cm³/mol. The first-order chi connectivity index (χ1) is 24.8. The van der Waals surface area contributed by atoms with Crippen molar-refractivity contribution in [1.82, 2.24) is 0 Å². The summed E-state index contributed by atoms with van der Waals surface area (Å²) in [6.45, 7) is 35.0. The maximum Gasteiger partial charge on any atom is 0.529 e. The highest BCUT2D eigenvalue weighted by Gasteiger charge is 2.45. The molecule has 0 unspecified atom stereocenters. The van der Waals surface area contributed by atoms with Gasteiger partial charge in [0, 0.05) is 41.7 Å². The van der Waals surface area contributed by atoms with E-state index in [0.29, 0.717) is 25.4 Å². The average Bonchev–Trinajstić information content (AvgIpc) is 3.07. The van der Waals surface area contributed by atoms with Crippen LogP contribution in [-0.2, 0) is 51.7 Å². The smallest absolute Gasteiger partial charge is 0.412 e. The molecule has 0 amide bonds. The van der Waals surface area contributed by atoms with Gasteiger partial charge in [-0.25, -0.2) is 4.57 Å². The van der Waals surface area contributed by atoms with E-state index in [1.807, 2.05) is 13.8 Å². The van der Waals surface area contributed by atoms with E-state index in [-0.39, 0.29) is 25.0 Å². The molecule has 0 saturated carbocycles. The quantitative estimate of drug-likeness (QED) is 0.0498. The Kier molecular flexibility index (Phi) is 20.5. The van der Waals surface area contributed by atoms with Gasteiger partial charge in [0.2, 0.25) is 0 Å². The van der Waals surface area contributed by atoms with Crippen molar-refractivity contribution in [1.29, 1.82) is 0 Å². The van der Waals surface area contributed by atoms with Gasteiger partial charge in [0.05, 0.1) is 32.0 Å². The van der Waals surface area contributed by atoms with Crippen LogP contribution in [0.3, 0.4) is 0 Å². The Labute approximate surface area is 329 Å². The van der Waals surface area contributed by atoms with Crippen molar-refractivity contribution in [3.63, 3.8) is 0 Å². The molecule has 0 bridgehead atoms. The molecular weight excluding hydrogens is 732 g/mol. The summed E-state index contributed by atoms with van der Waals surface area (Å²) in [4.78, 5) is 0. The average molecular weight is 813 g/mol. The van der Waals surface area contributed by atoms with Crippen LogP contribution in [0.2, 0.25) is 69.5 Å². The molecule has 0 saturated heterocycles. The number of phosphoric ester groups is 1. The number of ether oxygens (including phenoxy) is 2. The van der Waals surface area contributed by atoms with Crippen LogP contribution in [0.15, 0.2) is 24.0 Å². The van der Waals surface area contributed by atoms with Crippen molar-refractivity contribution in [3.05, 3.63) is 46.2 Å². The molecule has 11 heteroatoms. The number of phosphoric acid groups is 1. The zero-order valence-corrected chi connectivity index (χ0v) is 40.6. The molecule has 2 atom stereocenters. The van der Waals surface area contributed by atoms with E-state index in [1.54, 1.807) is 0 Å². The van der Waals surface area contributed by atoms with Crippen molar-refractivity contribution >= 4 is 32.3 Å². The first kappa shape index (κ1) is 48.6. The van der Waals surface area contributed by atoms with Crippen LogP contribution in [-0.4, -0.2) is 56.5 Å². The van der Waals surface area contributed by atoms with Crippen molar-refractivity contribution < 1.29 is 32.0 Å². The molecule has 0 aliphatic heterocycles. The molecule has 0 N–H and O–H groups in total. The molecule has 2 rings (SSSR count). The van der Waals surface area contributed by atoms with Gasteiger partial charge in [-0.2, -0.15) is 0 Å². The molecule has 308 valence electrons. The van der Waals surface area contributed by atoms with Gasteiger partial charge in [-0.1, -0.05) is 92.0 Å². The fourth-order valence-electron chi connectivity index (χ4n) is 7.53. The molecule has 1 aromatic rings. The lowest BCUT2D eigenvalue weighted by Crippen LogP contribution is -2.49. The number of allylic oxidation sites excluding steroid dienone is 2. The van der Waals surface area contributed by atoms with Gasteiger partial charge in [-0.05, 0) is 111 Å². The molecule has 7 nitrogen and oxygen atoms in total. The highest BCUT2D eigenvalue weighted by molar-refractivity contribution is 7.48. The first-order valence-electron chi connectivity index (χ1n) is 21.1. The molecule has 0 spiro atoms. The van der Waals surface area contributed by atoms with Gasteiger partial charge < -0.3 is 18.4 Å². The minimum Gasteiger partial charge on any atom is -0.412 e. The summed E-state index contributed by atoms with van der Waals surface area (Å²) < 4.78 is 51.9. The van der Waals surface area contributed by atoms with Crippen LogP contribution >= 0.6 is 7.82 Å². The van der Waals surface area contributed by atoms with Gasteiger partial charge in [-0.3, -0.25) is 9.05 Å². The van der Waals surface area contributed by atoms with E-state index in [0.717, 1.165) is 62.7 Å². The van der Waals surface area contributed by atoms with Crippen LogP contribution < -0.4 is 0 Å². The number of hydrogen-bond donors (Lipinski definition) is 0. The van der Waals surface area contributed by atoms with E-state index in [2.05, 4.69) is 99.0 Å². The summed E-state index contributed by atoms with van der Waals surface area (Å²) in [6, 6.07) is 10.3. The fraction of sp³-hybridized carbons (Fsp3) is 0.810. The van der Waals surface area contributed by atoms with E-state index in [4.69, 9.17) is 27.5 Å². The Morgan fingerprint density at radius 2 is 1.28 bits per heavy atom. The number of rotatable bonds is 27. The SMILES string of the molecule is CCCCCc1cc(COCC[Si](C)(C)C)c([C@@H]2C=C(OP(=O)(OCC)OCC)CC[C@H]2C(C)(C)O[Si](CC)(CC)CC)c(COCC[Si](C)(C)C)c1. The van der Waals surface area contributed by atoms with Gasteiger partial charge in [-0.15, -0.1) is 0 Å². The molecule has 0 heterocycles. The van der Waals surface area contributed by atoms with Crippen molar-refractivity contribution in [2.45, 2.75) is 188 Å². The fourth-order valence-corrected chi connectivity index (χ4v) is 13.5. The molecule has 0 aromatic heterocycles. The Hall–Kier alpha value is -0.559. The number of unbranched alkanes of at least 4 members (excludes halogenated alkanes) is 2. The summed E-state index contributed by atoms with van der Waals surface area (Å²) in [5.41, 5.74) is 4.65.